The van der Waals surface area contributed by atoms with Crippen molar-refractivity contribution in [1.82, 2.24) is 0 Å². The van der Waals surface area contributed by atoms with E-state index in [1.807, 2.05) is 0 Å². The van der Waals surface area contributed by atoms with E-state index in [0.29, 0.717) is 12.8 Å². The Morgan fingerprint density at radius 2 is 1.65 bits per heavy atom. The fourth-order valence-electron chi connectivity index (χ4n) is 1.83. The number of esters is 1. The van der Waals surface area contributed by atoms with Crippen molar-refractivity contribution in [2.24, 2.45) is 0 Å². The molecule has 0 aliphatic rings. The smallest absolute Gasteiger partial charge is 0.305 e. The first-order chi connectivity index (χ1) is 8.14. The normalized spacial score (nSPS) is 11.5. The number of carbonyl (C=O) groups excluding carboxylic acids is 1. The molecular formula is C13H26O4. The van der Waals surface area contributed by atoms with Crippen molar-refractivity contribution in [2.75, 3.05) is 21.3 Å². The standard InChI is InChI=1S/C13H26O4/c1-5-6-7-8-10-13(16-3,17-4)11-9-12(14)15-2/h5-11H2,1-4H3. The molecule has 0 atom stereocenters. The van der Waals surface area contributed by atoms with Crippen LogP contribution in [0.25, 0.3) is 0 Å². The summed E-state index contributed by atoms with van der Waals surface area (Å²) in [4.78, 5) is 11.1. The highest BCUT2D eigenvalue weighted by molar-refractivity contribution is 5.69. The first-order valence-corrected chi connectivity index (χ1v) is 6.31. The zero-order chi connectivity index (χ0) is 13.1. The van der Waals surface area contributed by atoms with Gasteiger partial charge in [-0.1, -0.05) is 26.2 Å². The molecular weight excluding hydrogens is 220 g/mol. The van der Waals surface area contributed by atoms with Crippen LogP contribution in [0.3, 0.4) is 0 Å². The summed E-state index contributed by atoms with van der Waals surface area (Å²) < 4.78 is 15.5. The maximum atomic E-state index is 11.1. The molecule has 0 bridgehead atoms. The van der Waals surface area contributed by atoms with Crippen LogP contribution in [0.2, 0.25) is 0 Å². The number of hydrogen-bond donors (Lipinski definition) is 0. The molecule has 0 fully saturated rings. The zero-order valence-electron chi connectivity index (χ0n) is 11.6. The van der Waals surface area contributed by atoms with Gasteiger partial charge in [-0.3, -0.25) is 4.79 Å². The Morgan fingerprint density at radius 3 is 2.12 bits per heavy atom. The van der Waals surface area contributed by atoms with Gasteiger partial charge >= 0.3 is 5.97 Å². The van der Waals surface area contributed by atoms with Crippen molar-refractivity contribution < 1.29 is 19.0 Å². The summed E-state index contributed by atoms with van der Waals surface area (Å²) in [5.41, 5.74) is 0. The minimum atomic E-state index is -0.637. The minimum absolute atomic E-state index is 0.225. The van der Waals surface area contributed by atoms with E-state index in [4.69, 9.17) is 9.47 Å². The molecule has 0 amide bonds. The zero-order valence-corrected chi connectivity index (χ0v) is 11.6. The van der Waals surface area contributed by atoms with E-state index >= 15 is 0 Å². The SMILES string of the molecule is CCCCCCC(CCC(=O)OC)(OC)OC. The first kappa shape index (κ1) is 16.4. The van der Waals surface area contributed by atoms with Crippen LogP contribution in [0.4, 0.5) is 0 Å². The summed E-state index contributed by atoms with van der Waals surface area (Å²) in [7, 11) is 4.64. The lowest BCUT2D eigenvalue weighted by Crippen LogP contribution is -2.34. The predicted molar refractivity (Wildman–Crippen MR) is 66.8 cm³/mol. The third-order valence-electron chi connectivity index (χ3n) is 3.09. The Bertz CT molecular complexity index is 200. The average Bonchev–Trinajstić information content (AvgIpc) is 2.38. The lowest BCUT2D eigenvalue weighted by molar-refractivity contribution is -0.217. The van der Waals surface area contributed by atoms with Gasteiger partial charge in [-0.2, -0.15) is 0 Å². The molecule has 0 unspecified atom stereocenters. The topological polar surface area (TPSA) is 44.8 Å². The van der Waals surface area contributed by atoms with Crippen LogP contribution in [0.1, 0.15) is 51.9 Å². The third-order valence-corrected chi connectivity index (χ3v) is 3.09. The minimum Gasteiger partial charge on any atom is -0.469 e. The Balaban J connectivity index is 4.10. The highest BCUT2D eigenvalue weighted by Gasteiger charge is 2.29. The van der Waals surface area contributed by atoms with Gasteiger partial charge in [0.05, 0.1) is 13.5 Å². The van der Waals surface area contributed by atoms with Crippen molar-refractivity contribution in [3.05, 3.63) is 0 Å². The number of methoxy groups -OCH3 is 3. The first-order valence-electron chi connectivity index (χ1n) is 6.31. The molecule has 17 heavy (non-hydrogen) atoms. The molecule has 0 spiro atoms. The van der Waals surface area contributed by atoms with Crippen molar-refractivity contribution in [3.63, 3.8) is 0 Å². The van der Waals surface area contributed by atoms with E-state index in [9.17, 15) is 4.79 Å². The molecule has 0 rings (SSSR count). The van der Waals surface area contributed by atoms with Gasteiger partial charge in [0.2, 0.25) is 0 Å². The lowest BCUT2D eigenvalue weighted by Gasteiger charge is -2.30. The highest BCUT2D eigenvalue weighted by Crippen LogP contribution is 2.26. The van der Waals surface area contributed by atoms with Crippen LogP contribution in [-0.4, -0.2) is 33.1 Å². The van der Waals surface area contributed by atoms with E-state index in [0.717, 1.165) is 12.8 Å². The summed E-state index contributed by atoms with van der Waals surface area (Å²) in [5.74, 6) is -0.862. The molecule has 0 radical (unpaired) electrons. The Hall–Kier alpha value is -0.610. The number of rotatable bonds is 10. The molecule has 0 aliphatic heterocycles. The molecule has 0 N–H and O–H groups in total. The van der Waals surface area contributed by atoms with Crippen LogP contribution in [-0.2, 0) is 19.0 Å². The van der Waals surface area contributed by atoms with E-state index in [1.165, 1.54) is 26.4 Å². The lowest BCUT2D eigenvalue weighted by atomic mass is 10.0. The maximum Gasteiger partial charge on any atom is 0.305 e. The van der Waals surface area contributed by atoms with Crippen LogP contribution in [0.15, 0.2) is 0 Å². The Kier molecular flexibility index (Phi) is 9.09. The summed E-state index contributed by atoms with van der Waals surface area (Å²) in [6.45, 7) is 2.18. The van der Waals surface area contributed by atoms with Crippen LogP contribution in [0.5, 0.6) is 0 Å². The largest absolute Gasteiger partial charge is 0.469 e. The molecule has 0 heterocycles. The van der Waals surface area contributed by atoms with Gasteiger partial charge in [-0.05, 0) is 6.42 Å². The van der Waals surface area contributed by atoms with Gasteiger partial charge in [-0.25, -0.2) is 0 Å². The summed E-state index contributed by atoms with van der Waals surface area (Å²) in [6, 6.07) is 0. The number of carbonyl (C=O) groups is 1. The summed E-state index contributed by atoms with van der Waals surface area (Å²) in [6.07, 6.45) is 6.33. The van der Waals surface area contributed by atoms with Gasteiger partial charge in [-0.15, -0.1) is 0 Å². The molecule has 0 aromatic heterocycles. The molecule has 102 valence electrons. The molecule has 0 saturated heterocycles. The van der Waals surface area contributed by atoms with Crippen LogP contribution in [0, 0.1) is 0 Å². The second-order valence-corrected chi connectivity index (χ2v) is 4.21. The second-order valence-electron chi connectivity index (χ2n) is 4.21. The highest BCUT2D eigenvalue weighted by atomic mass is 16.7. The summed E-state index contributed by atoms with van der Waals surface area (Å²) >= 11 is 0. The van der Waals surface area contributed by atoms with Crippen molar-refractivity contribution in [3.8, 4) is 0 Å². The molecule has 0 saturated carbocycles. The number of hydrogen-bond acceptors (Lipinski definition) is 4. The van der Waals surface area contributed by atoms with Gasteiger partial charge < -0.3 is 14.2 Å². The Labute approximate surface area is 105 Å². The fourth-order valence-corrected chi connectivity index (χ4v) is 1.83. The summed E-state index contributed by atoms with van der Waals surface area (Å²) in [5, 5.41) is 0. The molecule has 4 heteroatoms. The van der Waals surface area contributed by atoms with Crippen LogP contribution >= 0.6 is 0 Å². The molecule has 0 aromatic carbocycles. The van der Waals surface area contributed by atoms with Crippen molar-refractivity contribution in [2.45, 2.75) is 57.7 Å². The van der Waals surface area contributed by atoms with Crippen LogP contribution < -0.4 is 0 Å². The van der Waals surface area contributed by atoms with E-state index in [2.05, 4.69) is 11.7 Å². The molecule has 4 nitrogen and oxygen atoms in total. The van der Waals surface area contributed by atoms with E-state index < -0.39 is 5.79 Å². The number of ether oxygens (including phenoxy) is 3. The monoisotopic (exact) mass is 246 g/mol. The van der Waals surface area contributed by atoms with Gasteiger partial charge in [0.1, 0.15) is 0 Å². The molecule has 0 aromatic rings. The maximum absolute atomic E-state index is 11.1. The van der Waals surface area contributed by atoms with E-state index in [-0.39, 0.29) is 5.97 Å². The van der Waals surface area contributed by atoms with Gasteiger partial charge in [0.15, 0.2) is 5.79 Å². The van der Waals surface area contributed by atoms with Gasteiger partial charge in [0.25, 0.3) is 0 Å². The Morgan fingerprint density at radius 1 is 1.00 bits per heavy atom. The second kappa shape index (κ2) is 9.42. The number of unbranched alkanes of at least 4 members (excludes halogenated alkanes) is 3. The van der Waals surface area contributed by atoms with Gasteiger partial charge in [0, 0.05) is 27.1 Å². The third kappa shape index (κ3) is 6.64. The predicted octanol–water partition coefficient (Wildman–Crippen LogP) is 2.90. The van der Waals surface area contributed by atoms with E-state index in [1.54, 1.807) is 14.2 Å². The van der Waals surface area contributed by atoms with Crippen molar-refractivity contribution in [1.29, 1.82) is 0 Å². The fraction of sp³-hybridized carbons (Fsp3) is 0.923. The van der Waals surface area contributed by atoms with Crippen molar-refractivity contribution >= 4 is 5.97 Å². The molecule has 0 aliphatic carbocycles. The quantitative estimate of drug-likeness (QED) is 0.338. The average molecular weight is 246 g/mol.